The number of benzene rings is 1. The third kappa shape index (κ3) is 2.34. The van der Waals surface area contributed by atoms with Crippen molar-refractivity contribution in [1.29, 1.82) is 0 Å². The Balaban J connectivity index is 3.13. The molecule has 0 spiro atoms. The first-order valence-corrected chi connectivity index (χ1v) is 4.40. The maximum Gasteiger partial charge on any atom is 0.264 e. The van der Waals surface area contributed by atoms with Gasteiger partial charge in [0.05, 0.1) is 0 Å². The van der Waals surface area contributed by atoms with Crippen LogP contribution in [-0.4, -0.2) is 5.78 Å². The number of hydrogen-bond acceptors (Lipinski definition) is 1. The Kier molecular flexibility index (Phi) is 3.14. The van der Waals surface area contributed by atoms with Crippen LogP contribution in [0.15, 0.2) is 22.7 Å². The second-order valence-electron chi connectivity index (χ2n) is 2.59. The van der Waals surface area contributed by atoms with Crippen LogP contribution in [-0.2, 0) is 0 Å². The van der Waals surface area contributed by atoms with E-state index in [4.69, 9.17) is 0 Å². The maximum atomic E-state index is 12.2. The second-order valence-corrected chi connectivity index (χ2v) is 3.45. The van der Waals surface area contributed by atoms with E-state index in [2.05, 4.69) is 15.9 Å². The molecule has 0 bridgehead atoms. The summed E-state index contributed by atoms with van der Waals surface area (Å²) in [5, 5.41) is 0. The van der Waals surface area contributed by atoms with Gasteiger partial charge in [-0.15, -0.1) is 0 Å². The quantitative estimate of drug-likeness (QED) is 0.732. The average Bonchev–Trinajstić information content (AvgIpc) is 2.03. The summed E-state index contributed by atoms with van der Waals surface area (Å²) in [6, 6.07) is 4.06. The van der Waals surface area contributed by atoms with Crippen LogP contribution in [0.1, 0.15) is 29.3 Å². The lowest BCUT2D eigenvalue weighted by atomic mass is 10.1. The van der Waals surface area contributed by atoms with Gasteiger partial charge in [0.1, 0.15) is 0 Å². The SMILES string of the molecule is CC(=O)c1ccc(C(F)F)c(Br)c1. The Hall–Kier alpha value is -0.770. The fourth-order valence-electron chi connectivity index (χ4n) is 0.923. The van der Waals surface area contributed by atoms with E-state index in [-0.39, 0.29) is 15.8 Å². The van der Waals surface area contributed by atoms with Crippen molar-refractivity contribution in [1.82, 2.24) is 0 Å². The first kappa shape index (κ1) is 10.3. The van der Waals surface area contributed by atoms with Crippen molar-refractivity contribution in [3.8, 4) is 0 Å². The van der Waals surface area contributed by atoms with Gasteiger partial charge in [-0.2, -0.15) is 0 Å². The molecule has 70 valence electrons. The Morgan fingerprint density at radius 2 is 2.08 bits per heavy atom. The van der Waals surface area contributed by atoms with Crippen LogP contribution in [0, 0.1) is 0 Å². The number of hydrogen-bond donors (Lipinski definition) is 0. The average molecular weight is 249 g/mol. The van der Waals surface area contributed by atoms with Gasteiger partial charge < -0.3 is 0 Å². The molecule has 0 aliphatic rings. The minimum atomic E-state index is -2.52. The Labute approximate surface area is 82.9 Å². The van der Waals surface area contributed by atoms with Crippen LogP contribution in [0.4, 0.5) is 8.78 Å². The minimum absolute atomic E-state index is 0.0926. The summed E-state index contributed by atoms with van der Waals surface area (Å²) in [4.78, 5) is 10.9. The summed E-state index contributed by atoms with van der Waals surface area (Å²) < 4.78 is 24.8. The molecule has 0 aliphatic carbocycles. The highest BCUT2D eigenvalue weighted by Crippen LogP contribution is 2.27. The number of alkyl halides is 2. The van der Waals surface area contributed by atoms with Gasteiger partial charge in [-0.3, -0.25) is 4.79 Å². The van der Waals surface area contributed by atoms with E-state index in [1.165, 1.54) is 25.1 Å². The fraction of sp³-hybridized carbons (Fsp3) is 0.222. The molecular formula is C9H7BrF2O. The molecule has 0 amide bonds. The molecule has 0 unspecified atom stereocenters. The molecule has 0 atom stereocenters. The van der Waals surface area contributed by atoms with Gasteiger partial charge in [-0.1, -0.05) is 28.1 Å². The van der Waals surface area contributed by atoms with Gasteiger partial charge in [-0.05, 0) is 13.0 Å². The van der Waals surface area contributed by atoms with E-state index in [0.29, 0.717) is 5.56 Å². The van der Waals surface area contributed by atoms with E-state index >= 15 is 0 Å². The number of ketones is 1. The summed E-state index contributed by atoms with van der Waals surface area (Å²) in [7, 11) is 0. The Bertz CT molecular complexity index is 336. The molecule has 13 heavy (non-hydrogen) atoms. The summed E-state index contributed by atoms with van der Waals surface area (Å²) in [6.45, 7) is 1.39. The topological polar surface area (TPSA) is 17.1 Å². The zero-order chi connectivity index (χ0) is 10.0. The predicted octanol–water partition coefficient (Wildman–Crippen LogP) is 3.59. The van der Waals surface area contributed by atoms with Crippen molar-refractivity contribution in [3.05, 3.63) is 33.8 Å². The van der Waals surface area contributed by atoms with E-state index in [1.54, 1.807) is 0 Å². The molecule has 4 heteroatoms. The van der Waals surface area contributed by atoms with Crippen LogP contribution in [0.5, 0.6) is 0 Å². The molecule has 0 N–H and O–H groups in total. The van der Waals surface area contributed by atoms with Crippen molar-refractivity contribution in [2.24, 2.45) is 0 Å². The monoisotopic (exact) mass is 248 g/mol. The number of Topliss-reactive ketones (excluding diaryl/α,β-unsaturated/α-hetero) is 1. The first-order valence-electron chi connectivity index (χ1n) is 3.61. The molecule has 1 aromatic rings. The second kappa shape index (κ2) is 3.96. The summed E-state index contributed by atoms with van der Waals surface area (Å²) in [5.41, 5.74) is 0.335. The molecule has 0 heterocycles. The molecule has 0 fully saturated rings. The molecule has 1 aromatic carbocycles. The standard InChI is InChI=1S/C9H7BrF2O/c1-5(13)6-2-3-7(9(11)12)8(10)4-6/h2-4,9H,1H3. The highest BCUT2D eigenvalue weighted by atomic mass is 79.9. The van der Waals surface area contributed by atoms with Gasteiger partial charge in [0.15, 0.2) is 5.78 Å². The van der Waals surface area contributed by atoms with E-state index < -0.39 is 6.43 Å². The van der Waals surface area contributed by atoms with E-state index in [0.717, 1.165) is 0 Å². The molecule has 0 radical (unpaired) electrons. The van der Waals surface area contributed by atoms with Crippen LogP contribution < -0.4 is 0 Å². The molecular weight excluding hydrogens is 242 g/mol. The Morgan fingerprint density at radius 3 is 2.46 bits per heavy atom. The van der Waals surface area contributed by atoms with Gasteiger partial charge >= 0.3 is 0 Å². The van der Waals surface area contributed by atoms with Gasteiger partial charge in [-0.25, -0.2) is 8.78 Å². The van der Waals surface area contributed by atoms with Crippen LogP contribution in [0.3, 0.4) is 0 Å². The lowest BCUT2D eigenvalue weighted by Crippen LogP contribution is -1.94. The van der Waals surface area contributed by atoms with Crippen molar-refractivity contribution in [2.45, 2.75) is 13.3 Å². The normalized spacial score (nSPS) is 10.5. The molecule has 1 rings (SSSR count). The lowest BCUT2D eigenvalue weighted by Gasteiger charge is -2.03. The summed E-state index contributed by atoms with van der Waals surface area (Å²) in [6.07, 6.45) is -2.52. The van der Waals surface area contributed by atoms with Gasteiger partial charge in [0.2, 0.25) is 0 Å². The molecule has 0 aromatic heterocycles. The fourth-order valence-corrected chi connectivity index (χ4v) is 1.47. The van der Waals surface area contributed by atoms with Gasteiger partial charge in [0, 0.05) is 15.6 Å². The maximum absolute atomic E-state index is 12.2. The highest BCUT2D eigenvalue weighted by molar-refractivity contribution is 9.10. The highest BCUT2D eigenvalue weighted by Gasteiger charge is 2.12. The third-order valence-electron chi connectivity index (χ3n) is 1.64. The molecule has 1 nitrogen and oxygen atoms in total. The van der Waals surface area contributed by atoms with Crippen molar-refractivity contribution >= 4 is 21.7 Å². The summed E-state index contributed by atoms with van der Waals surface area (Å²) in [5.74, 6) is -0.137. The van der Waals surface area contributed by atoms with E-state index in [1.807, 2.05) is 0 Å². The number of rotatable bonds is 2. The van der Waals surface area contributed by atoms with Crippen molar-refractivity contribution in [3.63, 3.8) is 0 Å². The molecule has 0 saturated heterocycles. The molecule has 0 saturated carbocycles. The Morgan fingerprint density at radius 1 is 1.46 bits per heavy atom. The zero-order valence-corrected chi connectivity index (χ0v) is 8.44. The lowest BCUT2D eigenvalue weighted by molar-refractivity contribution is 0.101. The minimum Gasteiger partial charge on any atom is -0.295 e. The smallest absolute Gasteiger partial charge is 0.264 e. The van der Waals surface area contributed by atoms with Crippen LogP contribution in [0.2, 0.25) is 0 Å². The zero-order valence-electron chi connectivity index (χ0n) is 6.85. The van der Waals surface area contributed by atoms with Crippen LogP contribution >= 0.6 is 15.9 Å². The largest absolute Gasteiger partial charge is 0.295 e. The number of halogens is 3. The number of carbonyl (C=O) groups excluding carboxylic acids is 1. The molecule has 0 aliphatic heterocycles. The van der Waals surface area contributed by atoms with E-state index in [9.17, 15) is 13.6 Å². The number of carbonyl (C=O) groups is 1. The predicted molar refractivity (Wildman–Crippen MR) is 49.1 cm³/mol. The first-order chi connectivity index (χ1) is 6.02. The summed E-state index contributed by atoms with van der Waals surface area (Å²) >= 11 is 2.98. The van der Waals surface area contributed by atoms with Crippen LogP contribution in [0.25, 0.3) is 0 Å². The van der Waals surface area contributed by atoms with Gasteiger partial charge in [0.25, 0.3) is 6.43 Å². The van der Waals surface area contributed by atoms with Crippen molar-refractivity contribution in [2.75, 3.05) is 0 Å². The third-order valence-corrected chi connectivity index (χ3v) is 2.33. The van der Waals surface area contributed by atoms with Crippen molar-refractivity contribution < 1.29 is 13.6 Å².